The number of halogens is 2. The molecular weight excluding hydrogens is 357 g/mol. The Morgan fingerprint density at radius 1 is 1.04 bits per heavy atom. The molecule has 1 heterocycles. The quantitative estimate of drug-likeness (QED) is 0.694. The minimum atomic E-state index is -0.641. The largest absolute Gasteiger partial charge is 0.298 e. The molecule has 2 saturated carbocycles. The minimum absolute atomic E-state index is 0.0352. The van der Waals surface area contributed by atoms with Crippen LogP contribution in [0.3, 0.4) is 0 Å². The number of aromatic nitrogens is 1. The topological polar surface area (TPSA) is 47.0 Å². The van der Waals surface area contributed by atoms with E-state index in [9.17, 15) is 9.59 Å². The van der Waals surface area contributed by atoms with Crippen molar-refractivity contribution in [3.05, 3.63) is 51.6 Å². The highest BCUT2D eigenvalue weighted by Gasteiger charge is 2.47. The number of nitrogens with zero attached hydrogens (tertiary/aromatic N) is 1. The lowest BCUT2D eigenvalue weighted by Gasteiger charge is -2.27. The summed E-state index contributed by atoms with van der Waals surface area (Å²) in [6, 6.07) is 7.37. The van der Waals surface area contributed by atoms with Gasteiger partial charge in [0.1, 0.15) is 5.92 Å². The fourth-order valence-corrected chi connectivity index (χ4v) is 4.63. The Bertz CT molecular complexity index is 871. The second-order valence-corrected chi connectivity index (χ2v) is 7.84. The van der Waals surface area contributed by atoms with Crippen LogP contribution in [0.5, 0.6) is 0 Å². The third-order valence-electron chi connectivity index (χ3n) is 5.48. The summed E-state index contributed by atoms with van der Waals surface area (Å²) in [5.74, 6) is -0.415. The molecule has 3 atom stereocenters. The normalized spacial score (nSPS) is 25.5. The predicted octanol–water partition coefficient (Wildman–Crippen LogP) is 5.02. The summed E-state index contributed by atoms with van der Waals surface area (Å²) in [5.41, 5.74) is 3.13. The molecule has 0 N–H and O–H groups in total. The molecule has 0 aliphatic heterocycles. The van der Waals surface area contributed by atoms with E-state index in [0.29, 0.717) is 15.7 Å². The van der Waals surface area contributed by atoms with Gasteiger partial charge in [0.25, 0.3) is 0 Å². The Morgan fingerprint density at radius 3 is 2.36 bits per heavy atom. The smallest absolute Gasteiger partial charge is 0.150 e. The molecule has 1 aromatic heterocycles. The number of Topliss-reactive ketones (excluding diaryl/α,β-unsaturated/α-hetero) is 2. The number of hydrogen-bond acceptors (Lipinski definition) is 3. The number of fused-ring (bicyclic) bond motifs is 2. The highest BCUT2D eigenvalue weighted by atomic mass is 35.5. The zero-order valence-corrected chi connectivity index (χ0v) is 15.3. The van der Waals surface area contributed by atoms with E-state index < -0.39 is 5.92 Å². The lowest BCUT2D eigenvalue weighted by Crippen LogP contribution is -2.35. The summed E-state index contributed by atoms with van der Waals surface area (Å²) in [5, 5.41) is 0.916. The van der Waals surface area contributed by atoms with E-state index in [2.05, 4.69) is 4.98 Å². The summed E-state index contributed by atoms with van der Waals surface area (Å²) >= 11 is 12.2. The van der Waals surface area contributed by atoms with Crippen LogP contribution in [0, 0.1) is 18.8 Å². The second-order valence-electron chi connectivity index (χ2n) is 7.00. The van der Waals surface area contributed by atoms with Crippen LogP contribution in [0.15, 0.2) is 30.5 Å². The third-order valence-corrected chi connectivity index (χ3v) is 5.97. The number of ketones is 2. The number of pyridine rings is 1. The summed E-state index contributed by atoms with van der Waals surface area (Å²) in [4.78, 5) is 30.0. The molecule has 0 amide bonds. The first-order valence-corrected chi connectivity index (χ1v) is 9.20. The number of carbonyl (C=O) groups excluding carboxylic acids is 2. The van der Waals surface area contributed by atoms with E-state index in [0.717, 1.165) is 36.0 Å². The number of benzene rings is 1. The van der Waals surface area contributed by atoms with Crippen LogP contribution in [-0.4, -0.2) is 16.6 Å². The number of rotatable bonds is 2. The second kappa shape index (κ2) is 6.22. The molecule has 4 rings (SSSR count). The van der Waals surface area contributed by atoms with Crippen LogP contribution >= 0.6 is 23.2 Å². The van der Waals surface area contributed by atoms with Crippen LogP contribution in [0.25, 0.3) is 11.3 Å². The molecule has 25 heavy (non-hydrogen) atoms. The van der Waals surface area contributed by atoms with Gasteiger partial charge in [0.05, 0.1) is 15.7 Å². The Balaban J connectivity index is 1.80. The van der Waals surface area contributed by atoms with Crippen LogP contribution in [0.4, 0.5) is 0 Å². The van der Waals surface area contributed by atoms with E-state index in [-0.39, 0.29) is 23.4 Å². The average Bonchev–Trinajstić information content (AvgIpc) is 3.02. The van der Waals surface area contributed by atoms with Gasteiger partial charge in [0, 0.05) is 23.6 Å². The van der Waals surface area contributed by atoms with Crippen LogP contribution in [0.1, 0.15) is 36.3 Å². The highest BCUT2D eigenvalue weighted by molar-refractivity contribution is 6.36. The molecule has 2 aliphatic carbocycles. The lowest BCUT2D eigenvalue weighted by molar-refractivity contribution is -0.135. The van der Waals surface area contributed by atoms with Gasteiger partial charge in [0.15, 0.2) is 11.6 Å². The summed E-state index contributed by atoms with van der Waals surface area (Å²) in [6.45, 7) is 1.94. The van der Waals surface area contributed by atoms with Crippen LogP contribution < -0.4 is 0 Å². The molecule has 2 bridgehead atoms. The fourth-order valence-electron chi connectivity index (χ4n) is 4.14. The number of aryl methyl sites for hydroxylation is 1. The third kappa shape index (κ3) is 2.80. The molecule has 2 aromatic rings. The zero-order valence-electron chi connectivity index (χ0n) is 13.8. The number of hydrogen-bond donors (Lipinski definition) is 0. The summed E-state index contributed by atoms with van der Waals surface area (Å²) in [6.07, 6.45) is 3.96. The molecular formula is C20H17Cl2NO2. The van der Waals surface area contributed by atoms with Crippen molar-refractivity contribution in [1.29, 1.82) is 0 Å². The standard InChI is InChI=1S/C20H17Cl2NO2/c1-10-2-3-11(18-16(22)8-14(21)9-23-18)7-15(10)17-19(24)12-4-5-13(6-12)20(17)25/h2-3,7-9,12-13,17H,4-6H2,1H3/t12-,13+,17?. The van der Waals surface area contributed by atoms with Crippen molar-refractivity contribution < 1.29 is 9.59 Å². The maximum Gasteiger partial charge on any atom is 0.150 e. The van der Waals surface area contributed by atoms with Crippen molar-refractivity contribution >= 4 is 34.8 Å². The summed E-state index contributed by atoms with van der Waals surface area (Å²) in [7, 11) is 0. The van der Waals surface area contributed by atoms with E-state index in [1.54, 1.807) is 12.3 Å². The SMILES string of the molecule is Cc1ccc(-c2ncc(Cl)cc2Cl)cc1C1C(=O)[C@@H]2CC[C@@H](C2)C1=O. The van der Waals surface area contributed by atoms with Crippen molar-refractivity contribution in [2.75, 3.05) is 0 Å². The van der Waals surface area contributed by atoms with E-state index in [1.807, 2.05) is 25.1 Å². The Hall–Kier alpha value is -1.71. The van der Waals surface area contributed by atoms with Crippen molar-refractivity contribution in [3.63, 3.8) is 0 Å². The van der Waals surface area contributed by atoms with Gasteiger partial charge in [-0.2, -0.15) is 0 Å². The molecule has 3 nitrogen and oxygen atoms in total. The molecule has 0 radical (unpaired) electrons. The maximum atomic E-state index is 12.8. The number of carbonyl (C=O) groups is 2. The highest BCUT2D eigenvalue weighted by Crippen LogP contribution is 2.45. The van der Waals surface area contributed by atoms with Gasteiger partial charge < -0.3 is 0 Å². The molecule has 2 aliphatic rings. The average molecular weight is 374 g/mol. The molecule has 128 valence electrons. The molecule has 5 heteroatoms. The van der Waals surface area contributed by atoms with E-state index in [4.69, 9.17) is 23.2 Å². The molecule has 1 aromatic carbocycles. The maximum absolute atomic E-state index is 12.8. The van der Waals surface area contributed by atoms with E-state index >= 15 is 0 Å². The minimum Gasteiger partial charge on any atom is -0.298 e. The van der Waals surface area contributed by atoms with E-state index in [1.165, 1.54) is 0 Å². The van der Waals surface area contributed by atoms with Crippen LogP contribution in [0.2, 0.25) is 10.0 Å². The molecule has 0 spiro atoms. The molecule has 2 fully saturated rings. The van der Waals surface area contributed by atoms with Crippen molar-refractivity contribution in [1.82, 2.24) is 4.98 Å². The van der Waals surface area contributed by atoms with Gasteiger partial charge in [-0.3, -0.25) is 14.6 Å². The Labute approximate surface area is 156 Å². The molecule has 0 saturated heterocycles. The van der Waals surface area contributed by atoms with Crippen molar-refractivity contribution in [2.45, 2.75) is 32.1 Å². The van der Waals surface area contributed by atoms with Crippen molar-refractivity contribution in [2.24, 2.45) is 11.8 Å². The van der Waals surface area contributed by atoms with Gasteiger partial charge in [-0.25, -0.2) is 0 Å². The monoisotopic (exact) mass is 373 g/mol. The zero-order chi connectivity index (χ0) is 17.7. The molecule has 1 unspecified atom stereocenters. The Morgan fingerprint density at radius 2 is 1.72 bits per heavy atom. The van der Waals surface area contributed by atoms with Gasteiger partial charge in [-0.1, -0.05) is 35.3 Å². The lowest BCUT2D eigenvalue weighted by atomic mass is 9.74. The first-order valence-electron chi connectivity index (χ1n) is 8.45. The van der Waals surface area contributed by atoms with Gasteiger partial charge in [0.2, 0.25) is 0 Å². The van der Waals surface area contributed by atoms with Gasteiger partial charge >= 0.3 is 0 Å². The fraction of sp³-hybridized carbons (Fsp3) is 0.350. The predicted molar refractivity (Wildman–Crippen MR) is 98.0 cm³/mol. The summed E-state index contributed by atoms with van der Waals surface area (Å²) < 4.78 is 0. The van der Waals surface area contributed by atoms with Crippen LogP contribution in [-0.2, 0) is 9.59 Å². The van der Waals surface area contributed by atoms with Gasteiger partial charge in [-0.15, -0.1) is 0 Å². The first kappa shape index (κ1) is 16.7. The first-order chi connectivity index (χ1) is 12.0. The Kier molecular flexibility index (Phi) is 4.17. The van der Waals surface area contributed by atoms with Gasteiger partial charge in [-0.05, 0) is 49.4 Å². The van der Waals surface area contributed by atoms with Crippen molar-refractivity contribution in [3.8, 4) is 11.3 Å².